The molecule has 1 aliphatic heterocycles. The first kappa shape index (κ1) is 26.0. The number of ether oxygens (including phenoxy) is 2. The number of carbonyl (C=O) groups is 2. The van der Waals surface area contributed by atoms with E-state index in [0.717, 1.165) is 29.7 Å². The van der Waals surface area contributed by atoms with E-state index >= 15 is 0 Å². The van der Waals surface area contributed by atoms with Gasteiger partial charge in [0.05, 0.1) is 18.3 Å². The van der Waals surface area contributed by atoms with Crippen LogP contribution in [0.25, 0.3) is 10.9 Å². The summed E-state index contributed by atoms with van der Waals surface area (Å²) >= 11 is 0. The van der Waals surface area contributed by atoms with E-state index in [4.69, 9.17) is 9.47 Å². The van der Waals surface area contributed by atoms with Gasteiger partial charge in [-0.2, -0.15) is 13.9 Å². The highest BCUT2D eigenvalue weighted by atomic mass is 19.3. The molecule has 0 atom stereocenters. The van der Waals surface area contributed by atoms with Crippen molar-refractivity contribution in [3.63, 3.8) is 0 Å². The summed E-state index contributed by atoms with van der Waals surface area (Å²) in [6, 6.07) is 1.78. The average Bonchev–Trinajstić information content (AvgIpc) is 3.29. The lowest BCUT2D eigenvalue weighted by atomic mass is 9.90. The first-order chi connectivity index (χ1) is 17.2. The number of ketones is 2. The summed E-state index contributed by atoms with van der Waals surface area (Å²) < 4.78 is 38.7. The van der Waals surface area contributed by atoms with Crippen LogP contribution in [0.4, 0.5) is 14.5 Å². The van der Waals surface area contributed by atoms with Crippen molar-refractivity contribution in [1.29, 1.82) is 0 Å². The normalized spacial score (nSPS) is 17.2. The van der Waals surface area contributed by atoms with Gasteiger partial charge in [-0.3, -0.25) is 9.59 Å². The van der Waals surface area contributed by atoms with E-state index in [9.17, 15) is 18.4 Å². The summed E-state index contributed by atoms with van der Waals surface area (Å²) in [5.74, 6) is 0.295. The number of nitrogens with zero attached hydrogens (tertiary/aromatic N) is 3. The van der Waals surface area contributed by atoms with E-state index < -0.39 is 6.55 Å². The monoisotopic (exact) mass is 501 g/mol. The first-order valence-electron chi connectivity index (χ1n) is 12.4. The molecule has 0 radical (unpaired) electrons. The molecule has 2 heterocycles. The number of alkyl halides is 2. The summed E-state index contributed by atoms with van der Waals surface area (Å²) in [6.07, 6.45) is 5.50. The van der Waals surface area contributed by atoms with Crippen LogP contribution in [0.1, 0.15) is 68.4 Å². The quantitative estimate of drug-likeness (QED) is 0.421. The zero-order chi connectivity index (χ0) is 26.0. The van der Waals surface area contributed by atoms with E-state index in [2.05, 4.69) is 10.00 Å². The largest absolute Gasteiger partial charge is 0.496 e. The smallest absolute Gasteiger partial charge is 0.333 e. The molecule has 194 valence electrons. The molecule has 0 unspecified atom stereocenters. The maximum atomic E-state index is 13.5. The Morgan fingerprint density at radius 3 is 2.67 bits per heavy atom. The summed E-state index contributed by atoms with van der Waals surface area (Å²) in [4.78, 5) is 28.3. The van der Waals surface area contributed by atoms with E-state index in [0.29, 0.717) is 58.7 Å². The molecule has 9 heteroatoms. The number of halogens is 2. The molecule has 1 saturated heterocycles. The van der Waals surface area contributed by atoms with Crippen molar-refractivity contribution in [2.45, 2.75) is 65.5 Å². The van der Waals surface area contributed by atoms with Crippen LogP contribution in [0.2, 0.25) is 0 Å². The number of rotatable bonds is 9. The first-order valence-corrected chi connectivity index (χ1v) is 12.4. The third kappa shape index (κ3) is 5.07. The lowest BCUT2D eigenvalue weighted by Crippen LogP contribution is -2.40. The van der Waals surface area contributed by atoms with E-state index in [-0.39, 0.29) is 30.4 Å². The number of benzene rings is 1. The summed E-state index contributed by atoms with van der Waals surface area (Å²) in [5.41, 5.74) is 3.73. The molecular weight excluding hydrogens is 468 g/mol. The fraction of sp³-hybridized carbons (Fsp3) is 0.519. The average molecular weight is 502 g/mol. The van der Waals surface area contributed by atoms with Crippen LogP contribution in [0.3, 0.4) is 0 Å². The molecule has 4 rings (SSSR count). The predicted octanol–water partition coefficient (Wildman–Crippen LogP) is 5.53. The molecule has 2 aliphatic rings. The second-order valence-corrected chi connectivity index (χ2v) is 9.41. The van der Waals surface area contributed by atoms with Crippen molar-refractivity contribution < 1.29 is 27.8 Å². The highest BCUT2D eigenvalue weighted by Crippen LogP contribution is 2.37. The number of fused-ring (bicyclic) bond motifs is 1. The molecule has 2 aromatic rings. The van der Waals surface area contributed by atoms with Crippen molar-refractivity contribution in [2.24, 2.45) is 0 Å². The summed E-state index contributed by atoms with van der Waals surface area (Å²) in [6.45, 7) is 4.90. The minimum absolute atomic E-state index is 0.0418. The molecule has 0 saturated carbocycles. The van der Waals surface area contributed by atoms with Gasteiger partial charge in [-0.15, -0.1) is 0 Å². The van der Waals surface area contributed by atoms with Gasteiger partial charge in [-0.1, -0.05) is 5.57 Å². The van der Waals surface area contributed by atoms with Crippen molar-refractivity contribution in [1.82, 2.24) is 9.78 Å². The Balaban J connectivity index is 1.74. The van der Waals surface area contributed by atoms with Gasteiger partial charge in [0.2, 0.25) is 0 Å². The van der Waals surface area contributed by atoms with Crippen LogP contribution < -0.4 is 4.90 Å². The van der Waals surface area contributed by atoms with Crippen LogP contribution in [-0.2, 0) is 14.3 Å². The van der Waals surface area contributed by atoms with Gasteiger partial charge in [0.15, 0.2) is 11.6 Å². The Labute approximate surface area is 209 Å². The van der Waals surface area contributed by atoms with E-state index in [1.807, 2.05) is 26.8 Å². The van der Waals surface area contributed by atoms with Crippen molar-refractivity contribution in [3.05, 3.63) is 46.4 Å². The number of hydrogen-bond acceptors (Lipinski definition) is 6. The number of hydrogen-bond donors (Lipinski definition) is 0. The fourth-order valence-electron chi connectivity index (χ4n) is 5.30. The Kier molecular flexibility index (Phi) is 7.88. The number of allylic oxidation sites excluding steroid dienone is 3. The maximum absolute atomic E-state index is 13.5. The Morgan fingerprint density at radius 2 is 2.03 bits per heavy atom. The minimum atomic E-state index is -2.78. The molecule has 0 N–H and O–H groups in total. The van der Waals surface area contributed by atoms with Crippen LogP contribution in [0.15, 0.2) is 35.2 Å². The Bertz CT molecular complexity index is 1230. The molecule has 1 aliphatic carbocycles. The molecule has 7 nitrogen and oxygen atoms in total. The zero-order valence-electron chi connectivity index (χ0n) is 21.3. The van der Waals surface area contributed by atoms with E-state index in [1.165, 1.54) is 13.3 Å². The number of aromatic nitrogens is 2. The SMILES string of the molecule is CCN(c1c(C)c(C(=O)CCC2=C(OC)C=C(C)CC2=O)cc2nn(C(F)F)cc12)C1CCOCC1. The number of anilines is 1. The number of Topliss-reactive ketones (excluding diaryl/α,β-unsaturated/α-hetero) is 2. The van der Waals surface area contributed by atoms with Crippen LogP contribution in [0, 0.1) is 6.92 Å². The molecule has 1 fully saturated rings. The van der Waals surface area contributed by atoms with Gasteiger partial charge < -0.3 is 14.4 Å². The minimum Gasteiger partial charge on any atom is -0.496 e. The molecular formula is C27H33F2N3O4. The fourth-order valence-corrected chi connectivity index (χ4v) is 5.30. The number of carbonyl (C=O) groups excluding carboxylic acids is 2. The lowest BCUT2D eigenvalue weighted by Gasteiger charge is -2.37. The summed E-state index contributed by atoms with van der Waals surface area (Å²) in [5, 5.41) is 4.69. The highest BCUT2D eigenvalue weighted by Gasteiger charge is 2.28. The number of methoxy groups -OCH3 is 1. The topological polar surface area (TPSA) is 73.7 Å². The molecule has 36 heavy (non-hydrogen) atoms. The second kappa shape index (κ2) is 10.9. The van der Waals surface area contributed by atoms with Gasteiger partial charge in [-0.25, -0.2) is 4.68 Å². The van der Waals surface area contributed by atoms with Gasteiger partial charge in [0.1, 0.15) is 5.76 Å². The van der Waals surface area contributed by atoms with Crippen molar-refractivity contribution in [2.75, 3.05) is 31.8 Å². The standard InChI is InChI=1S/C27H33F2N3O4/c1-5-31(18-8-10-36-11-9-18)26-17(3)20(14-22-21(26)15-32(30-22)27(28)29)23(33)7-6-19-24(34)12-16(2)13-25(19)35-4/h13-15,18,27H,5-12H2,1-4H3. The second-order valence-electron chi connectivity index (χ2n) is 9.41. The third-order valence-corrected chi connectivity index (χ3v) is 7.09. The highest BCUT2D eigenvalue weighted by molar-refractivity contribution is 6.06. The molecule has 1 aromatic carbocycles. The van der Waals surface area contributed by atoms with Crippen LogP contribution in [-0.4, -0.2) is 54.3 Å². The summed E-state index contributed by atoms with van der Waals surface area (Å²) in [7, 11) is 1.51. The van der Waals surface area contributed by atoms with Gasteiger partial charge in [0.25, 0.3) is 0 Å². The van der Waals surface area contributed by atoms with Crippen LogP contribution >= 0.6 is 0 Å². The van der Waals surface area contributed by atoms with Gasteiger partial charge in [0, 0.05) is 61.4 Å². The van der Waals surface area contributed by atoms with Gasteiger partial charge >= 0.3 is 6.55 Å². The van der Waals surface area contributed by atoms with Crippen LogP contribution in [0.5, 0.6) is 0 Å². The van der Waals surface area contributed by atoms with E-state index in [1.54, 1.807) is 6.07 Å². The molecule has 0 bridgehead atoms. The Hall–Kier alpha value is -3.07. The van der Waals surface area contributed by atoms with Crippen molar-refractivity contribution in [3.8, 4) is 0 Å². The molecule has 0 amide bonds. The zero-order valence-corrected chi connectivity index (χ0v) is 21.3. The Morgan fingerprint density at radius 1 is 1.31 bits per heavy atom. The van der Waals surface area contributed by atoms with Crippen molar-refractivity contribution >= 4 is 28.2 Å². The van der Waals surface area contributed by atoms with Gasteiger partial charge in [-0.05, 0) is 57.7 Å². The molecule has 0 spiro atoms. The predicted molar refractivity (Wildman–Crippen MR) is 134 cm³/mol. The maximum Gasteiger partial charge on any atom is 0.333 e. The molecule has 1 aromatic heterocycles. The lowest BCUT2D eigenvalue weighted by molar-refractivity contribution is -0.115. The third-order valence-electron chi connectivity index (χ3n) is 7.09.